The Morgan fingerprint density at radius 3 is 2.83 bits per heavy atom. The molecular formula is C17H18N4OS. The number of nitrogens with one attached hydrogen (secondary N) is 1. The average molecular weight is 326 g/mol. The van der Waals surface area contributed by atoms with Crippen LogP contribution in [0.15, 0.2) is 48.5 Å². The van der Waals surface area contributed by atoms with Crippen LogP contribution in [0.3, 0.4) is 0 Å². The van der Waals surface area contributed by atoms with Crippen LogP contribution in [0.4, 0.5) is 10.5 Å². The monoisotopic (exact) mass is 326 g/mol. The maximum Gasteiger partial charge on any atom is 0.322 e. The molecular weight excluding hydrogens is 308 g/mol. The van der Waals surface area contributed by atoms with Gasteiger partial charge in [0.05, 0.1) is 4.70 Å². The molecule has 1 heterocycles. The summed E-state index contributed by atoms with van der Waals surface area (Å²) in [6, 6.07) is 15.6. The number of benzene rings is 2. The number of carbonyl (C=O) groups excluding carboxylic acids is 1. The average Bonchev–Trinajstić information content (AvgIpc) is 3.03. The summed E-state index contributed by atoms with van der Waals surface area (Å²) in [5, 5.41) is 6.99. The molecule has 0 aliphatic carbocycles. The Kier molecular flexibility index (Phi) is 4.83. The lowest BCUT2D eigenvalue weighted by Crippen LogP contribution is -2.35. The number of fused-ring (bicyclic) bond motifs is 1. The molecule has 1 N–H and O–H groups in total. The van der Waals surface area contributed by atoms with Gasteiger partial charge in [-0.2, -0.15) is 0 Å². The lowest BCUT2D eigenvalue weighted by atomic mass is 10.2. The lowest BCUT2D eigenvalue weighted by Gasteiger charge is -2.22. The topological polar surface area (TPSA) is 58.1 Å². The van der Waals surface area contributed by atoms with Crippen molar-refractivity contribution in [1.82, 2.24) is 14.5 Å². The van der Waals surface area contributed by atoms with Crippen molar-refractivity contribution in [2.45, 2.75) is 19.9 Å². The van der Waals surface area contributed by atoms with Gasteiger partial charge in [-0.25, -0.2) is 4.79 Å². The predicted octanol–water partition coefficient (Wildman–Crippen LogP) is 4.14. The van der Waals surface area contributed by atoms with E-state index in [1.54, 1.807) is 0 Å². The fourth-order valence-corrected chi connectivity index (χ4v) is 2.93. The van der Waals surface area contributed by atoms with Crippen LogP contribution in [0.5, 0.6) is 0 Å². The number of aromatic nitrogens is 2. The van der Waals surface area contributed by atoms with E-state index in [4.69, 9.17) is 0 Å². The molecule has 0 saturated carbocycles. The van der Waals surface area contributed by atoms with E-state index in [9.17, 15) is 4.79 Å². The van der Waals surface area contributed by atoms with Crippen molar-refractivity contribution in [3.8, 4) is 0 Å². The van der Waals surface area contributed by atoms with Crippen molar-refractivity contribution in [1.29, 1.82) is 0 Å². The van der Waals surface area contributed by atoms with Gasteiger partial charge < -0.3 is 10.2 Å². The van der Waals surface area contributed by atoms with Gasteiger partial charge in [0.2, 0.25) is 0 Å². The highest BCUT2D eigenvalue weighted by Gasteiger charge is 2.13. The summed E-state index contributed by atoms with van der Waals surface area (Å²) in [5.41, 5.74) is 2.66. The van der Waals surface area contributed by atoms with Gasteiger partial charge in [0.15, 0.2) is 0 Å². The maximum absolute atomic E-state index is 12.6. The quantitative estimate of drug-likeness (QED) is 0.767. The van der Waals surface area contributed by atoms with Crippen molar-refractivity contribution in [3.63, 3.8) is 0 Å². The minimum Gasteiger partial charge on any atom is -0.320 e. The zero-order valence-corrected chi connectivity index (χ0v) is 13.7. The van der Waals surface area contributed by atoms with Crippen LogP contribution in [0.25, 0.3) is 10.2 Å². The second kappa shape index (κ2) is 7.19. The van der Waals surface area contributed by atoms with Crippen LogP contribution in [-0.2, 0) is 6.54 Å². The molecule has 1 aromatic heterocycles. The first-order chi connectivity index (χ1) is 11.3. The molecule has 0 bridgehead atoms. The number of carbonyl (C=O) groups is 1. The zero-order valence-electron chi connectivity index (χ0n) is 12.9. The highest BCUT2D eigenvalue weighted by molar-refractivity contribution is 7.12. The SMILES string of the molecule is CCCN(Cc1ccccc1)C(=O)Nc1ccc2snnc2c1. The second-order valence-corrected chi connectivity index (χ2v) is 6.08. The first kappa shape index (κ1) is 15.4. The summed E-state index contributed by atoms with van der Waals surface area (Å²) >= 11 is 1.35. The third-order valence-corrected chi connectivity index (χ3v) is 4.20. The second-order valence-electron chi connectivity index (χ2n) is 5.29. The predicted molar refractivity (Wildman–Crippen MR) is 93.6 cm³/mol. The lowest BCUT2D eigenvalue weighted by molar-refractivity contribution is 0.209. The Morgan fingerprint density at radius 2 is 2.04 bits per heavy atom. The first-order valence-corrected chi connectivity index (χ1v) is 8.35. The molecule has 23 heavy (non-hydrogen) atoms. The van der Waals surface area contributed by atoms with Crippen molar-refractivity contribution in [2.24, 2.45) is 0 Å². The summed E-state index contributed by atoms with van der Waals surface area (Å²) in [6.07, 6.45) is 0.912. The van der Waals surface area contributed by atoms with E-state index in [0.29, 0.717) is 13.1 Å². The largest absolute Gasteiger partial charge is 0.322 e. The van der Waals surface area contributed by atoms with Crippen LogP contribution in [0, 0.1) is 0 Å². The summed E-state index contributed by atoms with van der Waals surface area (Å²) in [5.74, 6) is 0. The summed E-state index contributed by atoms with van der Waals surface area (Å²) in [4.78, 5) is 14.4. The maximum atomic E-state index is 12.6. The number of nitrogens with zero attached hydrogens (tertiary/aromatic N) is 3. The van der Waals surface area contributed by atoms with Gasteiger partial charge in [0, 0.05) is 18.8 Å². The molecule has 3 rings (SSSR count). The number of anilines is 1. The van der Waals surface area contributed by atoms with Crippen LogP contribution in [-0.4, -0.2) is 27.1 Å². The zero-order chi connectivity index (χ0) is 16.1. The van der Waals surface area contributed by atoms with E-state index in [1.165, 1.54) is 11.5 Å². The molecule has 0 aliphatic rings. The molecule has 6 heteroatoms. The molecule has 0 spiro atoms. The summed E-state index contributed by atoms with van der Waals surface area (Å²) in [6.45, 7) is 3.38. The number of hydrogen-bond acceptors (Lipinski definition) is 4. The molecule has 0 saturated heterocycles. The van der Waals surface area contributed by atoms with E-state index in [1.807, 2.05) is 53.4 Å². The molecule has 118 valence electrons. The molecule has 5 nitrogen and oxygen atoms in total. The Labute approximate surface area is 139 Å². The molecule has 0 radical (unpaired) electrons. The van der Waals surface area contributed by atoms with Gasteiger partial charge in [0.1, 0.15) is 5.52 Å². The molecule has 2 aromatic carbocycles. The number of hydrogen-bond donors (Lipinski definition) is 1. The van der Waals surface area contributed by atoms with Gasteiger partial charge in [-0.3, -0.25) is 0 Å². The highest BCUT2D eigenvalue weighted by Crippen LogP contribution is 2.20. The molecule has 0 fully saturated rings. The van der Waals surface area contributed by atoms with Crippen molar-refractivity contribution in [2.75, 3.05) is 11.9 Å². The van der Waals surface area contributed by atoms with Gasteiger partial charge in [0.25, 0.3) is 0 Å². The van der Waals surface area contributed by atoms with Crippen molar-refractivity contribution < 1.29 is 4.79 Å². The van der Waals surface area contributed by atoms with E-state index in [-0.39, 0.29) is 6.03 Å². The van der Waals surface area contributed by atoms with Crippen LogP contribution in [0.1, 0.15) is 18.9 Å². The molecule has 0 unspecified atom stereocenters. The van der Waals surface area contributed by atoms with E-state index >= 15 is 0 Å². The smallest absolute Gasteiger partial charge is 0.320 e. The normalized spacial score (nSPS) is 10.7. The Bertz CT molecular complexity index is 787. The highest BCUT2D eigenvalue weighted by atomic mass is 32.1. The standard InChI is InChI=1S/C17H18N4OS/c1-2-10-21(12-13-6-4-3-5-7-13)17(22)18-14-8-9-16-15(11-14)19-20-23-16/h3-9,11H,2,10,12H2,1H3,(H,18,22). The van der Waals surface area contributed by atoms with Gasteiger partial charge in [-0.1, -0.05) is 41.7 Å². The molecule has 3 aromatic rings. The van der Waals surface area contributed by atoms with Crippen LogP contribution < -0.4 is 5.32 Å². The Balaban J connectivity index is 1.72. The van der Waals surface area contributed by atoms with E-state index < -0.39 is 0 Å². The number of amides is 2. The molecule has 0 aliphatic heterocycles. The van der Waals surface area contributed by atoms with E-state index in [2.05, 4.69) is 21.8 Å². The van der Waals surface area contributed by atoms with E-state index in [0.717, 1.165) is 27.9 Å². The van der Waals surface area contributed by atoms with Crippen molar-refractivity contribution in [3.05, 3.63) is 54.1 Å². The fourth-order valence-electron chi connectivity index (χ4n) is 2.39. The van der Waals surface area contributed by atoms with Crippen LogP contribution in [0.2, 0.25) is 0 Å². The third kappa shape index (κ3) is 3.84. The minimum absolute atomic E-state index is 0.0989. The first-order valence-electron chi connectivity index (χ1n) is 7.58. The van der Waals surface area contributed by atoms with Gasteiger partial charge in [-0.15, -0.1) is 5.10 Å². The number of urea groups is 1. The van der Waals surface area contributed by atoms with Crippen molar-refractivity contribution >= 4 is 33.5 Å². The Hall–Kier alpha value is -2.47. The summed E-state index contributed by atoms with van der Waals surface area (Å²) in [7, 11) is 0. The molecule has 0 atom stereocenters. The molecule has 2 amide bonds. The fraction of sp³-hybridized carbons (Fsp3) is 0.235. The third-order valence-electron chi connectivity index (χ3n) is 3.49. The summed E-state index contributed by atoms with van der Waals surface area (Å²) < 4.78 is 4.92. The van der Waals surface area contributed by atoms with Gasteiger partial charge in [-0.05, 0) is 41.7 Å². The Morgan fingerprint density at radius 1 is 1.22 bits per heavy atom. The number of rotatable bonds is 5. The van der Waals surface area contributed by atoms with Gasteiger partial charge >= 0.3 is 6.03 Å². The minimum atomic E-state index is -0.0989. The van der Waals surface area contributed by atoms with Crippen LogP contribution >= 0.6 is 11.5 Å².